The van der Waals surface area contributed by atoms with Gasteiger partial charge in [-0.05, 0) is 19.1 Å². The van der Waals surface area contributed by atoms with Crippen molar-refractivity contribution in [3.8, 4) is 5.75 Å². The standard InChI is InChI=1S/C17H24N4O4/c1-2-25-14-6-4-3-5-13(14)17(24)21-9-7-20(8-10-21)16(23)12-19-15(22)11-18/h3-6H,2,7-12,18H2,1H3,(H,19,22). The minimum atomic E-state index is -0.366. The van der Waals surface area contributed by atoms with Crippen LogP contribution in [0.5, 0.6) is 5.75 Å². The molecule has 3 amide bonds. The molecule has 0 radical (unpaired) electrons. The van der Waals surface area contributed by atoms with E-state index in [4.69, 9.17) is 10.5 Å². The van der Waals surface area contributed by atoms with E-state index in [0.29, 0.717) is 44.1 Å². The number of para-hydroxylation sites is 1. The fourth-order valence-corrected chi connectivity index (χ4v) is 2.61. The molecule has 0 aliphatic carbocycles. The Morgan fingerprint density at radius 3 is 2.40 bits per heavy atom. The predicted molar refractivity (Wildman–Crippen MR) is 92.2 cm³/mol. The molecule has 8 nitrogen and oxygen atoms in total. The van der Waals surface area contributed by atoms with Crippen LogP contribution in [0.2, 0.25) is 0 Å². The van der Waals surface area contributed by atoms with Crippen molar-refractivity contribution in [1.29, 1.82) is 0 Å². The quantitative estimate of drug-likeness (QED) is 0.717. The van der Waals surface area contributed by atoms with Crippen LogP contribution < -0.4 is 15.8 Å². The van der Waals surface area contributed by atoms with E-state index in [0.717, 1.165) is 0 Å². The second-order valence-corrected chi connectivity index (χ2v) is 5.58. The molecule has 0 atom stereocenters. The Morgan fingerprint density at radius 1 is 1.12 bits per heavy atom. The van der Waals surface area contributed by atoms with Crippen molar-refractivity contribution in [2.75, 3.05) is 45.9 Å². The molecule has 136 valence electrons. The van der Waals surface area contributed by atoms with Gasteiger partial charge in [-0.15, -0.1) is 0 Å². The Hall–Kier alpha value is -2.61. The van der Waals surface area contributed by atoms with Gasteiger partial charge in [-0.2, -0.15) is 0 Å². The molecule has 2 rings (SSSR count). The Labute approximate surface area is 146 Å². The molecule has 0 unspecified atom stereocenters. The topological polar surface area (TPSA) is 105 Å². The molecule has 1 aliphatic rings. The van der Waals surface area contributed by atoms with E-state index in [1.54, 1.807) is 28.0 Å². The third kappa shape index (κ3) is 4.93. The molecule has 1 aliphatic heterocycles. The summed E-state index contributed by atoms with van der Waals surface area (Å²) in [6, 6.07) is 7.15. The molecule has 25 heavy (non-hydrogen) atoms. The summed E-state index contributed by atoms with van der Waals surface area (Å²) in [5, 5.41) is 2.46. The normalized spacial score (nSPS) is 14.2. The number of carbonyl (C=O) groups is 3. The molecule has 1 fully saturated rings. The zero-order valence-electron chi connectivity index (χ0n) is 14.4. The van der Waals surface area contributed by atoms with Gasteiger partial charge in [0.1, 0.15) is 5.75 Å². The van der Waals surface area contributed by atoms with Crippen LogP contribution in [0.3, 0.4) is 0 Å². The number of nitrogens with zero attached hydrogens (tertiary/aromatic N) is 2. The smallest absolute Gasteiger partial charge is 0.257 e. The van der Waals surface area contributed by atoms with E-state index in [2.05, 4.69) is 5.32 Å². The lowest BCUT2D eigenvalue weighted by molar-refractivity contribution is -0.133. The summed E-state index contributed by atoms with van der Waals surface area (Å²) in [5.41, 5.74) is 5.71. The highest BCUT2D eigenvalue weighted by Gasteiger charge is 2.26. The van der Waals surface area contributed by atoms with Crippen LogP contribution >= 0.6 is 0 Å². The second-order valence-electron chi connectivity index (χ2n) is 5.58. The largest absolute Gasteiger partial charge is 0.493 e. The number of rotatable bonds is 6. The molecule has 1 aromatic carbocycles. The van der Waals surface area contributed by atoms with Gasteiger partial charge < -0.3 is 25.6 Å². The van der Waals surface area contributed by atoms with E-state index in [-0.39, 0.29) is 30.8 Å². The molecule has 0 spiro atoms. The van der Waals surface area contributed by atoms with E-state index < -0.39 is 0 Å². The van der Waals surface area contributed by atoms with Gasteiger partial charge in [0.2, 0.25) is 11.8 Å². The summed E-state index contributed by atoms with van der Waals surface area (Å²) in [4.78, 5) is 39.2. The lowest BCUT2D eigenvalue weighted by atomic mass is 10.1. The number of carbonyl (C=O) groups excluding carboxylic acids is 3. The van der Waals surface area contributed by atoms with Crippen molar-refractivity contribution in [2.45, 2.75) is 6.92 Å². The van der Waals surface area contributed by atoms with Crippen LogP contribution in [0.15, 0.2) is 24.3 Å². The Morgan fingerprint density at radius 2 is 1.76 bits per heavy atom. The van der Waals surface area contributed by atoms with Crippen molar-refractivity contribution in [3.63, 3.8) is 0 Å². The maximum atomic E-state index is 12.7. The second kappa shape index (κ2) is 9.03. The fraction of sp³-hybridized carbons (Fsp3) is 0.471. The third-order valence-corrected chi connectivity index (χ3v) is 3.96. The van der Waals surface area contributed by atoms with Crippen molar-refractivity contribution >= 4 is 17.7 Å². The first-order chi connectivity index (χ1) is 12.1. The summed E-state index contributed by atoms with van der Waals surface area (Å²) in [6.45, 7) is 3.88. The van der Waals surface area contributed by atoms with Crippen molar-refractivity contribution in [1.82, 2.24) is 15.1 Å². The number of benzene rings is 1. The van der Waals surface area contributed by atoms with Crippen LogP contribution in [0.25, 0.3) is 0 Å². The molecule has 8 heteroatoms. The first-order valence-corrected chi connectivity index (χ1v) is 8.32. The molecule has 1 heterocycles. The molecule has 0 bridgehead atoms. The van der Waals surface area contributed by atoms with Gasteiger partial charge in [-0.3, -0.25) is 14.4 Å². The maximum absolute atomic E-state index is 12.7. The Bertz CT molecular complexity index is 627. The first-order valence-electron chi connectivity index (χ1n) is 8.32. The first kappa shape index (κ1) is 18.7. The molecule has 1 saturated heterocycles. The molecule has 1 aromatic rings. The Balaban J connectivity index is 1.90. The van der Waals surface area contributed by atoms with Crippen LogP contribution in [0.1, 0.15) is 17.3 Å². The number of nitrogens with one attached hydrogen (secondary N) is 1. The lowest BCUT2D eigenvalue weighted by Crippen LogP contribution is -2.52. The van der Waals surface area contributed by atoms with Crippen LogP contribution in [-0.2, 0) is 9.59 Å². The highest BCUT2D eigenvalue weighted by atomic mass is 16.5. The maximum Gasteiger partial charge on any atom is 0.257 e. The minimum absolute atomic E-state index is 0.0723. The van der Waals surface area contributed by atoms with Crippen molar-refractivity contribution in [2.24, 2.45) is 5.73 Å². The zero-order chi connectivity index (χ0) is 18.2. The van der Waals surface area contributed by atoms with Gasteiger partial charge in [0, 0.05) is 26.2 Å². The van der Waals surface area contributed by atoms with E-state index in [1.165, 1.54) is 0 Å². The Kier molecular flexibility index (Phi) is 6.76. The van der Waals surface area contributed by atoms with Gasteiger partial charge in [0.15, 0.2) is 0 Å². The minimum Gasteiger partial charge on any atom is -0.493 e. The fourth-order valence-electron chi connectivity index (χ4n) is 2.61. The van der Waals surface area contributed by atoms with Gasteiger partial charge in [-0.25, -0.2) is 0 Å². The highest BCUT2D eigenvalue weighted by Crippen LogP contribution is 2.20. The number of piperazine rings is 1. The molecule has 0 saturated carbocycles. The summed E-state index contributed by atoms with van der Waals surface area (Å²) in [6.07, 6.45) is 0. The number of nitrogens with two attached hydrogens (primary N) is 1. The SMILES string of the molecule is CCOc1ccccc1C(=O)N1CCN(C(=O)CNC(=O)CN)CC1. The molecule has 0 aromatic heterocycles. The molecular formula is C17H24N4O4. The summed E-state index contributed by atoms with van der Waals surface area (Å²) in [7, 11) is 0. The molecule has 3 N–H and O–H groups in total. The van der Waals surface area contributed by atoms with Crippen molar-refractivity contribution in [3.05, 3.63) is 29.8 Å². The average Bonchev–Trinajstić information content (AvgIpc) is 2.66. The number of hydrogen-bond donors (Lipinski definition) is 2. The number of hydrogen-bond acceptors (Lipinski definition) is 5. The molecular weight excluding hydrogens is 324 g/mol. The van der Waals surface area contributed by atoms with Gasteiger partial charge >= 0.3 is 0 Å². The van der Waals surface area contributed by atoms with Crippen molar-refractivity contribution < 1.29 is 19.1 Å². The summed E-state index contributed by atoms with van der Waals surface area (Å²) >= 11 is 0. The monoisotopic (exact) mass is 348 g/mol. The van der Waals surface area contributed by atoms with E-state index >= 15 is 0 Å². The summed E-state index contributed by atoms with van der Waals surface area (Å²) < 4.78 is 5.51. The van der Waals surface area contributed by atoms with E-state index in [1.807, 2.05) is 13.0 Å². The third-order valence-electron chi connectivity index (χ3n) is 3.96. The number of amides is 3. The lowest BCUT2D eigenvalue weighted by Gasteiger charge is -2.35. The number of ether oxygens (including phenoxy) is 1. The van der Waals surface area contributed by atoms with Crippen LogP contribution in [0, 0.1) is 0 Å². The van der Waals surface area contributed by atoms with Crippen LogP contribution in [-0.4, -0.2) is 73.4 Å². The van der Waals surface area contributed by atoms with E-state index in [9.17, 15) is 14.4 Å². The zero-order valence-corrected chi connectivity index (χ0v) is 14.4. The van der Waals surface area contributed by atoms with Crippen LogP contribution in [0.4, 0.5) is 0 Å². The van der Waals surface area contributed by atoms with Gasteiger partial charge in [-0.1, -0.05) is 12.1 Å². The highest BCUT2D eigenvalue weighted by molar-refractivity contribution is 5.97. The average molecular weight is 348 g/mol. The predicted octanol–water partition coefficient (Wildman–Crippen LogP) is -0.555. The summed E-state index contributed by atoms with van der Waals surface area (Å²) in [5.74, 6) is -0.0797. The van der Waals surface area contributed by atoms with Gasteiger partial charge in [0.05, 0.1) is 25.3 Å². The van der Waals surface area contributed by atoms with Gasteiger partial charge in [0.25, 0.3) is 5.91 Å².